The third-order valence-electron chi connectivity index (χ3n) is 6.56. The van der Waals surface area contributed by atoms with E-state index in [0.29, 0.717) is 30.4 Å². The van der Waals surface area contributed by atoms with E-state index >= 15 is 0 Å². The number of anilines is 1. The van der Waals surface area contributed by atoms with Crippen molar-refractivity contribution < 1.29 is 27.5 Å². The number of carbonyl (C=O) groups excluding carboxylic acids is 2. The molecule has 0 aliphatic carbocycles. The van der Waals surface area contributed by atoms with Gasteiger partial charge in [0.15, 0.2) is 11.5 Å². The van der Waals surface area contributed by atoms with E-state index in [2.05, 4.69) is 5.32 Å². The Balaban J connectivity index is 1.95. The number of nitrogens with zero attached hydrogens (tertiary/aromatic N) is 2. The van der Waals surface area contributed by atoms with Gasteiger partial charge < -0.3 is 19.7 Å². The maximum absolute atomic E-state index is 13.8. The third-order valence-corrected chi connectivity index (χ3v) is 8.30. The van der Waals surface area contributed by atoms with Crippen LogP contribution in [0.15, 0.2) is 42.5 Å². The van der Waals surface area contributed by atoms with Crippen molar-refractivity contribution in [1.29, 1.82) is 0 Å². The van der Waals surface area contributed by atoms with Crippen LogP contribution in [-0.2, 0) is 26.2 Å². The summed E-state index contributed by atoms with van der Waals surface area (Å²) in [7, 11) is -3.83. The molecule has 0 unspecified atom stereocenters. The van der Waals surface area contributed by atoms with Crippen LogP contribution in [0.2, 0.25) is 0 Å². The van der Waals surface area contributed by atoms with E-state index in [1.807, 2.05) is 45.0 Å². The highest BCUT2D eigenvalue weighted by Gasteiger charge is 2.32. The summed E-state index contributed by atoms with van der Waals surface area (Å²) < 4.78 is 38.5. The van der Waals surface area contributed by atoms with Crippen molar-refractivity contribution >= 4 is 27.5 Å². The summed E-state index contributed by atoms with van der Waals surface area (Å²) in [5, 5.41) is 2.93. The molecular formula is C27H37N3O6S. The Morgan fingerprint density at radius 3 is 2.35 bits per heavy atom. The van der Waals surface area contributed by atoms with E-state index in [-0.39, 0.29) is 24.2 Å². The van der Waals surface area contributed by atoms with E-state index in [1.54, 1.807) is 25.1 Å². The molecule has 1 aliphatic heterocycles. The molecular weight excluding hydrogens is 494 g/mol. The molecule has 2 amide bonds. The van der Waals surface area contributed by atoms with Gasteiger partial charge in [-0.3, -0.25) is 13.9 Å². The van der Waals surface area contributed by atoms with Gasteiger partial charge in [0.25, 0.3) is 0 Å². The number of ether oxygens (including phenoxy) is 2. The van der Waals surface area contributed by atoms with Gasteiger partial charge in [-0.25, -0.2) is 8.42 Å². The number of amides is 2. The fourth-order valence-corrected chi connectivity index (χ4v) is 4.98. The number of sulfonamides is 1. The van der Waals surface area contributed by atoms with Gasteiger partial charge in [0, 0.05) is 18.7 Å². The zero-order chi connectivity index (χ0) is 27.2. The fourth-order valence-electron chi connectivity index (χ4n) is 3.93. The monoisotopic (exact) mass is 531 g/mol. The van der Waals surface area contributed by atoms with Crippen molar-refractivity contribution in [2.45, 2.75) is 59.7 Å². The van der Waals surface area contributed by atoms with Crippen LogP contribution in [-0.4, -0.2) is 62.7 Å². The van der Waals surface area contributed by atoms with Crippen molar-refractivity contribution in [3.63, 3.8) is 0 Å². The average molecular weight is 532 g/mol. The standard InChI is InChI=1S/C27H37N3O6S/c1-6-20(4)28-27(32)21(5)29(17-22-11-9-8-10-19(22)3)26(31)18-30(37(33,34)7-2)23-12-13-24-25(16-23)36-15-14-35-24/h8-13,16,20-21H,6-7,14-15,17-18H2,1-5H3,(H,28,32)/t20-,21+/m1/s1. The van der Waals surface area contributed by atoms with Crippen LogP contribution >= 0.6 is 0 Å². The molecule has 0 saturated carbocycles. The first kappa shape index (κ1) is 28.3. The summed E-state index contributed by atoms with van der Waals surface area (Å²) in [6.45, 7) is 9.46. The lowest BCUT2D eigenvalue weighted by molar-refractivity contribution is -0.139. The van der Waals surface area contributed by atoms with Crippen molar-refractivity contribution in [3.8, 4) is 11.5 Å². The second-order valence-corrected chi connectivity index (χ2v) is 11.4. The zero-order valence-electron chi connectivity index (χ0n) is 22.2. The van der Waals surface area contributed by atoms with Gasteiger partial charge >= 0.3 is 0 Å². The Labute approximate surface area is 219 Å². The summed E-state index contributed by atoms with van der Waals surface area (Å²) in [6, 6.07) is 11.5. The van der Waals surface area contributed by atoms with Gasteiger partial charge in [0.1, 0.15) is 25.8 Å². The minimum Gasteiger partial charge on any atom is -0.486 e. The predicted molar refractivity (Wildman–Crippen MR) is 143 cm³/mol. The lowest BCUT2D eigenvalue weighted by atomic mass is 10.1. The van der Waals surface area contributed by atoms with Crippen LogP contribution < -0.4 is 19.1 Å². The first-order valence-corrected chi connectivity index (χ1v) is 14.2. The lowest BCUT2D eigenvalue weighted by Crippen LogP contribution is -2.52. The van der Waals surface area contributed by atoms with Crippen LogP contribution in [0, 0.1) is 6.92 Å². The molecule has 0 saturated heterocycles. The minimum atomic E-state index is -3.83. The Morgan fingerprint density at radius 1 is 1.03 bits per heavy atom. The second-order valence-electron chi connectivity index (χ2n) is 9.18. The maximum Gasteiger partial charge on any atom is 0.244 e. The van der Waals surface area contributed by atoms with Crippen molar-refractivity contribution in [3.05, 3.63) is 53.6 Å². The van der Waals surface area contributed by atoms with Crippen molar-refractivity contribution in [2.24, 2.45) is 0 Å². The largest absolute Gasteiger partial charge is 0.486 e. The van der Waals surface area contributed by atoms with Gasteiger partial charge in [0.05, 0.1) is 11.4 Å². The SMILES string of the molecule is CC[C@@H](C)NC(=O)[C@H](C)N(Cc1ccccc1C)C(=O)CN(c1ccc2c(c1)OCCO2)S(=O)(=O)CC. The minimum absolute atomic E-state index is 0.0555. The summed E-state index contributed by atoms with van der Waals surface area (Å²) >= 11 is 0. The number of hydrogen-bond donors (Lipinski definition) is 1. The summed E-state index contributed by atoms with van der Waals surface area (Å²) in [6.07, 6.45) is 0.747. The molecule has 1 N–H and O–H groups in total. The zero-order valence-corrected chi connectivity index (χ0v) is 23.0. The predicted octanol–water partition coefficient (Wildman–Crippen LogP) is 3.25. The molecule has 202 valence electrons. The highest BCUT2D eigenvalue weighted by atomic mass is 32.2. The Morgan fingerprint density at radius 2 is 1.70 bits per heavy atom. The second kappa shape index (κ2) is 12.3. The molecule has 3 rings (SSSR count). The number of fused-ring (bicyclic) bond motifs is 1. The molecule has 2 atom stereocenters. The molecule has 0 radical (unpaired) electrons. The van der Waals surface area contributed by atoms with Crippen LogP contribution in [0.5, 0.6) is 11.5 Å². The Hall–Kier alpha value is -3.27. The summed E-state index contributed by atoms with van der Waals surface area (Å²) in [4.78, 5) is 28.3. The quantitative estimate of drug-likeness (QED) is 0.477. The van der Waals surface area contributed by atoms with Crippen molar-refractivity contribution in [1.82, 2.24) is 10.2 Å². The van der Waals surface area contributed by atoms with Crippen LogP contribution in [0.3, 0.4) is 0 Å². The summed E-state index contributed by atoms with van der Waals surface area (Å²) in [5.74, 6) is -0.0314. The highest BCUT2D eigenvalue weighted by Crippen LogP contribution is 2.35. The topological polar surface area (TPSA) is 105 Å². The first-order chi connectivity index (χ1) is 17.6. The van der Waals surface area contributed by atoms with Gasteiger partial charge in [-0.1, -0.05) is 31.2 Å². The Bertz CT molecular complexity index is 1220. The van der Waals surface area contributed by atoms with Gasteiger partial charge in [-0.05, 0) is 57.4 Å². The molecule has 10 heteroatoms. The molecule has 1 heterocycles. The van der Waals surface area contributed by atoms with E-state index < -0.39 is 28.5 Å². The van der Waals surface area contributed by atoms with Gasteiger partial charge in [0.2, 0.25) is 21.8 Å². The van der Waals surface area contributed by atoms with E-state index in [4.69, 9.17) is 9.47 Å². The normalized spacial score (nSPS) is 14.4. The van der Waals surface area contributed by atoms with E-state index in [1.165, 1.54) is 11.8 Å². The molecule has 9 nitrogen and oxygen atoms in total. The number of carbonyl (C=O) groups is 2. The van der Waals surface area contributed by atoms with Gasteiger partial charge in [-0.2, -0.15) is 0 Å². The first-order valence-electron chi connectivity index (χ1n) is 12.6. The summed E-state index contributed by atoms with van der Waals surface area (Å²) in [5.41, 5.74) is 2.15. The van der Waals surface area contributed by atoms with Crippen LogP contribution in [0.4, 0.5) is 5.69 Å². The van der Waals surface area contributed by atoms with Gasteiger partial charge in [-0.15, -0.1) is 0 Å². The lowest BCUT2D eigenvalue weighted by Gasteiger charge is -2.33. The van der Waals surface area contributed by atoms with E-state index in [0.717, 1.165) is 21.9 Å². The number of nitrogens with one attached hydrogen (secondary N) is 1. The maximum atomic E-state index is 13.8. The highest BCUT2D eigenvalue weighted by molar-refractivity contribution is 7.92. The third kappa shape index (κ3) is 6.94. The number of aryl methyl sites for hydroxylation is 1. The Kier molecular flexibility index (Phi) is 9.42. The smallest absolute Gasteiger partial charge is 0.244 e. The van der Waals surface area contributed by atoms with Crippen LogP contribution in [0.1, 0.15) is 45.2 Å². The molecule has 0 bridgehead atoms. The molecule has 0 aromatic heterocycles. The molecule has 1 aliphatic rings. The molecule has 0 spiro atoms. The fraction of sp³-hybridized carbons (Fsp3) is 0.481. The molecule has 2 aromatic carbocycles. The molecule has 2 aromatic rings. The number of benzene rings is 2. The molecule has 0 fully saturated rings. The van der Waals surface area contributed by atoms with E-state index in [9.17, 15) is 18.0 Å². The number of hydrogen-bond acceptors (Lipinski definition) is 6. The average Bonchev–Trinajstić information content (AvgIpc) is 2.90. The number of rotatable bonds is 11. The molecule has 37 heavy (non-hydrogen) atoms. The van der Waals surface area contributed by atoms with Crippen molar-refractivity contribution in [2.75, 3.05) is 29.8 Å². The van der Waals surface area contributed by atoms with Crippen LogP contribution in [0.25, 0.3) is 0 Å².